The molecule has 0 N–H and O–H groups in total. The molecule has 3 aromatic heterocycles. The van der Waals surface area contributed by atoms with Gasteiger partial charge in [-0.15, -0.1) is 11.3 Å². The Balaban J connectivity index is 0.0000000997. The molecule has 0 saturated heterocycles. The zero-order valence-electron chi connectivity index (χ0n) is 64.3. The van der Waals surface area contributed by atoms with Crippen molar-refractivity contribution >= 4 is 145 Å². The first-order chi connectivity index (χ1) is 59.4. The fourth-order valence-electron chi connectivity index (χ4n) is 19.2. The summed E-state index contributed by atoms with van der Waals surface area (Å²) in [6.07, 6.45) is 0. The molecule has 0 radical (unpaired) electrons. The highest BCUT2D eigenvalue weighted by atomic mass is 32.1. The topological polar surface area (TPSA) is 81.7 Å². The fraction of sp³-hybridized carbons (Fsp3) is 0. The second kappa shape index (κ2) is 27.2. The second-order valence-electron chi connectivity index (χ2n) is 31.4. The molecule has 0 bridgehead atoms. The van der Waals surface area contributed by atoms with E-state index in [2.05, 4.69) is 273 Å². The molecule has 6 aliphatic rings. The Bertz CT molecular complexity index is 7510. The molecular formula is C108H63B3O8S. The number of hydrogen-bond acceptors (Lipinski definition) is 9. The van der Waals surface area contributed by atoms with Gasteiger partial charge in [-0.05, 0) is 185 Å². The number of ether oxygens (including phenoxy) is 6. The highest BCUT2D eigenvalue weighted by Gasteiger charge is 2.43. The molecule has 27 rings (SSSR count). The quantitative estimate of drug-likeness (QED) is 0.152. The van der Waals surface area contributed by atoms with Gasteiger partial charge >= 0.3 is 0 Å². The van der Waals surface area contributed by atoms with Gasteiger partial charge in [-0.3, -0.25) is 0 Å². The van der Waals surface area contributed by atoms with Gasteiger partial charge in [0.1, 0.15) is 91.3 Å². The van der Waals surface area contributed by atoms with E-state index in [1.165, 1.54) is 58.8 Å². The summed E-state index contributed by atoms with van der Waals surface area (Å²) in [6.45, 7) is 0.182. The number of fused-ring (bicyclic) bond motifs is 21. The van der Waals surface area contributed by atoms with Crippen molar-refractivity contribution < 1.29 is 37.3 Å². The molecule has 558 valence electrons. The Hall–Kier alpha value is -15.2. The van der Waals surface area contributed by atoms with E-state index >= 15 is 0 Å². The molecule has 0 atom stereocenters. The largest absolute Gasteiger partial charge is 0.458 e. The zero-order valence-corrected chi connectivity index (χ0v) is 65.1. The molecule has 120 heavy (non-hydrogen) atoms. The lowest BCUT2D eigenvalue weighted by atomic mass is 9.35. The highest BCUT2D eigenvalue weighted by molar-refractivity contribution is 7.26. The van der Waals surface area contributed by atoms with Gasteiger partial charge in [0.05, 0.1) is 0 Å². The Morgan fingerprint density at radius 3 is 0.942 bits per heavy atom. The third kappa shape index (κ3) is 11.0. The van der Waals surface area contributed by atoms with Crippen LogP contribution in [0.2, 0.25) is 0 Å². The van der Waals surface area contributed by atoms with E-state index < -0.39 is 0 Å². The fourth-order valence-corrected chi connectivity index (χ4v) is 20.4. The summed E-state index contributed by atoms with van der Waals surface area (Å²) in [4.78, 5) is 0. The summed E-state index contributed by atoms with van der Waals surface area (Å²) in [5, 5.41) is 7.22. The monoisotopic (exact) mass is 1550 g/mol. The first-order valence-corrected chi connectivity index (χ1v) is 41.4. The summed E-state index contributed by atoms with van der Waals surface area (Å²) in [5.41, 5.74) is 27.9. The molecule has 0 aliphatic carbocycles. The van der Waals surface area contributed by atoms with Gasteiger partial charge in [0.2, 0.25) is 0 Å². The number of rotatable bonds is 6. The van der Waals surface area contributed by atoms with Crippen molar-refractivity contribution in [3.05, 3.63) is 382 Å². The summed E-state index contributed by atoms with van der Waals surface area (Å²) in [5.74, 6) is 10.6. The molecule has 9 heterocycles. The molecule has 0 saturated carbocycles. The van der Waals surface area contributed by atoms with E-state index in [1.54, 1.807) is 0 Å². The number of furan rings is 2. The average Bonchev–Trinajstić information content (AvgIpc) is 0.836. The minimum atomic E-state index is 0.0485. The third-order valence-corrected chi connectivity index (χ3v) is 25.9. The maximum atomic E-state index is 6.41. The first-order valence-electron chi connectivity index (χ1n) is 40.6. The Morgan fingerprint density at radius 2 is 0.483 bits per heavy atom. The van der Waals surface area contributed by atoms with Crippen molar-refractivity contribution in [2.75, 3.05) is 0 Å². The van der Waals surface area contributed by atoms with Crippen LogP contribution in [0, 0.1) is 0 Å². The maximum Gasteiger partial charge on any atom is 0.260 e. The van der Waals surface area contributed by atoms with Gasteiger partial charge in [-0.2, -0.15) is 0 Å². The van der Waals surface area contributed by atoms with Crippen LogP contribution < -0.4 is 77.6 Å². The van der Waals surface area contributed by atoms with Crippen LogP contribution in [0.1, 0.15) is 0 Å². The molecule has 8 nitrogen and oxygen atoms in total. The van der Waals surface area contributed by atoms with E-state index in [1.807, 2.05) is 121 Å². The van der Waals surface area contributed by atoms with Crippen molar-refractivity contribution in [1.29, 1.82) is 0 Å². The summed E-state index contributed by atoms with van der Waals surface area (Å²) < 4.78 is 53.3. The average molecular weight is 1550 g/mol. The normalized spacial score (nSPS) is 12.8. The van der Waals surface area contributed by atoms with Crippen LogP contribution in [-0.2, 0) is 0 Å². The van der Waals surface area contributed by atoms with Crippen molar-refractivity contribution in [1.82, 2.24) is 0 Å². The van der Waals surface area contributed by atoms with E-state index in [0.29, 0.717) is 0 Å². The molecule has 12 heteroatoms. The van der Waals surface area contributed by atoms with E-state index in [4.69, 9.17) is 37.3 Å². The summed E-state index contributed by atoms with van der Waals surface area (Å²) in [6, 6.07) is 134. The van der Waals surface area contributed by atoms with Gasteiger partial charge in [0, 0.05) is 69.2 Å². The van der Waals surface area contributed by atoms with E-state index in [0.717, 1.165) is 190 Å². The van der Waals surface area contributed by atoms with Crippen LogP contribution in [0.3, 0.4) is 0 Å². The molecule has 0 fully saturated rings. The number of hydrogen-bond donors (Lipinski definition) is 0. The van der Waals surface area contributed by atoms with Crippen LogP contribution in [0.25, 0.3) is 131 Å². The first kappa shape index (κ1) is 68.0. The SMILES string of the molecule is c1cc(-c2ccc3c(c2)B2c4ccccc4Oc4cccc(c42)O3)cc(-c2cccc3c2oc2ccccc23)c1.c1ccc2c(c1)Oc1cccc3c1B2c1cc(-c2ccc(-c4cccc5c4oc4ccccc45)cc2)ccc1O3.c1ccc2c(c1)Oc1cccc3c1B2c1cc(-c2ccc(-c4cccc5c4sc4ccccc45)cc2)ccc1O3. The number of benzene rings is 18. The molecule has 6 aliphatic heterocycles. The number of para-hydroxylation sites is 7. The van der Waals surface area contributed by atoms with Crippen molar-refractivity contribution in [3.63, 3.8) is 0 Å². The molecule has 0 spiro atoms. The Morgan fingerprint density at radius 1 is 0.183 bits per heavy atom. The molecular weight excluding hydrogens is 1490 g/mol. The molecule has 0 unspecified atom stereocenters. The summed E-state index contributed by atoms with van der Waals surface area (Å²) in [7, 11) is 0. The molecule has 18 aromatic carbocycles. The molecule has 21 aromatic rings. The van der Waals surface area contributed by atoms with Gasteiger partial charge < -0.3 is 37.3 Å². The standard InChI is InChI=1S/2C36H21BO3.C36H21BO2S/c1-3-14-30-26(10-1)27-12-6-11-25(36(27)40-30)24-9-5-8-22(20-24)23-18-19-32-29(21-23)37-28-13-2-4-15-31(28)38-33-16-7-17-34(39-32)35(33)37;1-3-11-30-26(7-1)27-9-5-8-25(36(27)40-30)23-17-15-22(16-18-23)24-19-20-32-29(21-24)37-28-10-2-4-12-31(28)38-33-13-6-14-34(39-32)35(33)37;1-4-14-34-26(7-1)27-9-5-8-25(36(27)40-34)23-17-15-22(16-18-23)24-19-20-31-29(21-24)37-28-10-2-3-11-30(28)38-32-12-6-13-33(39-31)35(32)37/h3*1-21H. The zero-order chi connectivity index (χ0) is 78.6. The maximum absolute atomic E-state index is 6.41. The second-order valence-corrected chi connectivity index (χ2v) is 32.4. The number of thiophene rings is 1. The highest BCUT2D eigenvalue weighted by Crippen LogP contribution is 2.45. The van der Waals surface area contributed by atoms with Crippen molar-refractivity contribution in [2.24, 2.45) is 0 Å². The Kier molecular flexibility index (Phi) is 15.4. The van der Waals surface area contributed by atoms with Gasteiger partial charge in [0.25, 0.3) is 20.1 Å². The predicted molar refractivity (Wildman–Crippen MR) is 492 cm³/mol. The summed E-state index contributed by atoms with van der Waals surface area (Å²) >= 11 is 1.87. The van der Waals surface area contributed by atoms with E-state index in [-0.39, 0.29) is 20.1 Å². The van der Waals surface area contributed by atoms with Crippen LogP contribution in [0.15, 0.2) is 391 Å². The van der Waals surface area contributed by atoms with Gasteiger partial charge in [0.15, 0.2) is 0 Å². The lowest BCUT2D eigenvalue weighted by Gasteiger charge is -2.33. The van der Waals surface area contributed by atoms with E-state index in [9.17, 15) is 0 Å². The van der Waals surface area contributed by atoms with Gasteiger partial charge in [-0.25, -0.2) is 0 Å². The lowest BCUT2D eigenvalue weighted by molar-refractivity contribution is 0.464. The van der Waals surface area contributed by atoms with Crippen molar-refractivity contribution in [2.45, 2.75) is 0 Å². The van der Waals surface area contributed by atoms with Crippen LogP contribution in [-0.4, -0.2) is 20.1 Å². The van der Waals surface area contributed by atoms with Gasteiger partial charge in [-0.1, -0.05) is 285 Å². The Labute approximate surface area is 695 Å². The predicted octanol–water partition coefficient (Wildman–Crippen LogP) is 23.4. The van der Waals surface area contributed by atoms with Crippen LogP contribution in [0.5, 0.6) is 69.0 Å². The third-order valence-electron chi connectivity index (χ3n) is 24.7. The van der Waals surface area contributed by atoms with Crippen molar-refractivity contribution in [3.8, 4) is 136 Å². The smallest absolute Gasteiger partial charge is 0.260 e. The van der Waals surface area contributed by atoms with Crippen LogP contribution in [0.4, 0.5) is 0 Å². The van der Waals surface area contributed by atoms with Crippen LogP contribution >= 0.6 is 11.3 Å². The minimum absolute atomic E-state index is 0.0485. The minimum Gasteiger partial charge on any atom is -0.458 e. The molecule has 0 amide bonds. The lowest BCUT2D eigenvalue weighted by Crippen LogP contribution is -2.57.